The highest BCUT2D eigenvalue weighted by molar-refractivity contribution is 5.94. The third-order valence-electron chi connectivity index (χ3n) is 4.34. The number of nitrogens with zero attached hydrogens (tertiary/aromatic N) is 3. The first kappa shape index (κ1) is 18.2. The Kier molecular flexibility index (Phi) is 5.73. The Bertz CT molecular complexity index is 755. The molecule has 6 nitrogen and oxygen atoms in total. The van der Waals surface area contributed by atoms with Crippen molar-refractivity contribution in [3.8, 4) is 5.75 Å². The molecule has 0 spiro atoms. The molecular formula is C20H25N3O3. The van der Waals surface area contributed by atoms with Crippen molar-refractivity contribution in [3.05, 3.63) is 53.7 Å². The van der Waals surface area contributed by atoms with Crippen LogP contribution in [0.2, 0.25) is 0 Å². The van der Waals surface area contributed by atoms with E-state index in [0.29, 0.717) is 17.1 Å². The van der Waals surface area contributed by atoms with E-state index < -0.39 is 0 Å². The fraction of sp³-hybridized carbons (Fsp3) is 0.400. The molecule has 1 aliphatic rings. The van der Waals surface area contributed by atoms with Gasteiger partial charge in [0, 0.05) is 38.9 Å². The number of piperazine rings is 1. The molecule has 1 aromatic carbocycles. The van der Waals surface area contributed by atoms with Crippen molar-refractivity contribution in [3.63, 3.8) is 0 Å². The number of rotatable bonds is 5. The van der Waals surface area contributed by atoms with Crippen LogP contribution in [-0.2, 0) is 11.3 Å². The molecule has 1 N–H and O–H groups in total. The van der Waals surface area contributed by atoms with Gasteiger partial charge in [0.25, 0.3) is 0 Å². The molecule has 6 heteroatoms. The van der Waals surface area contributed by atoms with E-state index in [9.17, 15) is 9.90 Å². The molecule has 1 aliphatic heterocycles. The van der Waals surface area contributed by atoms with Gasteiger partial charge in [-0.25, -0.2) is 9.78 Å². The summed E-state index contributed by atoms with van der Waals surface area (Å²) in [5.41, 5.74) is 1.61. The summed E-state index contributed by atoms with van der Waals surface area (Å²) >= 11 is 0. The van der Waals surface area contributed by atoms with Crippen LogP contribution in [0.1, 0.15) is 29.8 Å². The predicted molar refractivity (Wildman–Crippen MR) is 100 cm³/mol. The second-order valence-electron chi connectivity index (χ2n) is 6.76. The zero-order valence-corrected chi connectivity index (χ0v) is 15.3. The maximum atomic E-state index is 12.3. The topological polar surface area (TPSA) is 65.9 Å². The molecule has 2 heterocycles. The minimum Gasteiger partial charge on any atom is -0.508 e. The molecule has 0 atom stereocenters. The first-order chi connectivity index (χ1) is 12.5. The molecule has 0 bridgehead atoms. The van der Waals surface area contributed by atoms with Crippen LogP contribution in [0.3, 0.4) is 0 Å². The summed E-state index contributed by atoms with van der Waals surface area (Å²) < 4.78 is 5.34. The van der Waals surface area contributed by atoms with E-state index in [1.807, 2.05) is 26.0 Å². The largest absolute Gasteiger partial charge is 0.508 e. The van der Waals surface area contributed by atoms with Crippen molar-refractivity contribution in [1.29, 1.82) is 0 Å². The van der Waals surface area contributed by atoms with Gasteiger partial charge < -0.3 is 14.7 Å². The van der Waals surface area contributed by atoms with Crippen LogP contribution in [0.5, 0.6) is 5.75 Å². The van der Waals surface area contributed by atoms with Crippen LogP contribution in [0, 0.1) is 0 Å². The van der Waals surface area contributed by atoms with Gasteiger partial charge in [0.05, 0.1) is 6.10 Å². The minimum atomic E-state index is -0.328. The number of benzene rings is 1. The average molecular weight is 355 g/mol. The molecule has 1 saturated heterocycles. The van der Waals surface area contributed by atoms with Crippen molar-refractivity contribution < 1.29 is 14.6 Å². The highest BCUT2D eigenvalue weighted by Crippen LogP contribution is 2.21. The molecular weight excluding hydrogens is 330 g/mol. The molecule has 2 aromatic rings. The van der Waals surface area contributed by atoms with Crippen LogP contribution >= 0.6 is 0 Å². The van der Waals surface area contributed by atoms with Gasteiger partial charge in [-0.15, -0.1) is 0 Å². The third kappa shape index (κ3) is 4.52. The Balaban J connectivity index is 1.64. The fourth-order valence-corrected chi connectivity index (χ4v) is 3.12. The summed E-state index contributed by atoms with van der Waals surface area (Å²) in [7, 11) is 0. The summed E-state index contributed by atoms with van der Waals surface area (Å²) in [4.78, 5) is 21.2. The Morgan fingerprint density at radius 2 is 1.96 bits per heavy atom. The molecule has 0 amide bonds. The van der Waals surface area contributed by atoms with Gasteiger partial charge in [-0.2, -0.15) is 0 Å². The van der Waals surface area contributed by atoms with Crippen molar-refractivity contribution in [2.45, 2.75) is 26.5 Å². The lowest BCUT2D eigenvalue weighted by molar-refractivity contribution is 0.0378. The van der Waals surface area contributed by atoms with Crippen LogP contribution in [0.4, 0.5) is 5.82 Å². The molecule has 1 aromatic heterocycles. The lowest BCUT2D eigenvalue weighted by Crippen LogP contribution is -2.46. The Morgan fingerprint density at radius 1 is 1.19 bits per heavy atom. The highest BCUT2D eigenvalue weighted by atomic mass is 16.5. The number of hydrogen-bond acceptors (Lipinski definition) is 6. The molecule has 0 saturated carbocycles. The maximum Gasteiger partial charge on any atom is 0.342 e. The number of aromatic hydroxyl groups is 1. The summed E-state index contributed by atoms with van der Waals surface area (Å²) in [6.07, 6.45) is 1.55. The second kappa shape index (κ2) is 8.19. The van der Waals surface area contributed by atoms with Gasteiger partial charge in [0.2, 0.25) is 0 Å². The summed E-state index contributed by atoms with van der Waals surface area (Å²) in [5, 5.41) is 9.60. The molecule has 0 radical (unpaired) electrons. The van der Waals surface area contributed by atoms with Crippen molar-refractivity contribution >= 4 is 11.8 Å². The first-order valence-electron chi connectivity index (χ1n) is 8.94. The number of anilines is 1. The van der Waals surface area contributed by atoms with Crippen LogP contribution < -0.4 is 4.90 Å². The van der Waals surface area contributed by atoms with E-state index in [1.165, 1.54) is 0 Å². The number of pyridine rings is 1. The maximum absolute atomic E-state index is 12.3. The molecule has 1 fully saturated rings. The minimum absolute atomic E-state index is 0.158. The zero-order chi connectivity index (χ0) is 18.5. The van der Waals surface area contributed by atoms with E-state index in [2.05, 4.69) is 14.8 Å². The van der Waals surface area contributed by atoms with E-state index in [0.717, 1.165) is 38.3 Å². The number of esters is 1. The summed E-state index contributed by atoms with van der Waals surface area (Å²) in [6, 6.07) is 10.9. The SMILES string of the molecule is CC(C)OC(=O)c1cccnc1N1CCN(Cc2cccc(O)c2)CC1. The fourth-order valence-electron chi connectivity index (χ4n) is 3.12. The van der Waals surface area contributed by atoms with Crippen LogP contribution in [0.15, 0.2) is 42.6 Å². The molecule has 138 valence electrons. The van der Waals surface area contributed by atoms with Gasteiger partial charge in [-0.05, 0) is 43.7 Å². The molecule has 0 unspecified atom stereocenters. The quantitative estimate of drug-likeness (QED) is 0.832. The number of ether oxygens (including phenoxy) is 1. The molecule has 0 aliphatic carbocycles. The van der Waals surface area contributed by atoms with E-state index in [-0.39, 0.29) is 12.1 Å². The average Bonchev–Trinajstić information content (AvgIpc) is 2.62. The normalized spacial score (nSPS) is 15.3. The van der Waals surface area contributed by atoms with Gasteiger partial charge in [-0.1, -0.05) is 12.1 Å². The van der Waals surface area contributed by atoms with Crippen molar-refractivity contribution in [1.82, 2.24) is 9.88 Å². The Morgan fingerprint density at radius 3 is 2.65 bits per heavy atom. The number of aromatic nitrogens is 1. The van der Waals surface area contributed by atoms with Gasteiger partial charge in [0.15, 0.2) is 0 Å². The summed E-state index contributed by atoms with van der Waals surface area (Å²) in [6.45, 7) is 7.79. The van der Waals surface area contributed by atoms with Crippen molar-refractivity contribution in [2.24, 2.45) is 0 Å². The molecule has 26 heavy (non-hydrogen) atoms. The van der Waals surface area contributed by atoms with Crippen LogP contribution in [-0.4, -0.2) is 53.2 Å². The third-order valence-corrected chi connectivity index (χ3v) is 4.34. The lowest BCUT2D eigenvalue weighted by atomic mass is 10.1. The number of phenols is 1. The number of carbonyl (C=O) groups excluding carboxylic acids is 1. The highest BCUT2D eigenvalue weighted by Gasteiger charge is 2.23. The lowest BCUT2D eigenvalue weighted by Gasteiger charge is -2.36. The smallest absolute Gasteiger partial charge is 0.342 e. The zero-order valence-electron chi connectivity index (χ0n) is 15.3. The number of carbonyl (C=O) groups is 1. The molecule has 3 rings (SSSR count). The van der Waals surface area contributed by atoms with Gasteiger partial charge in [0.1, 0.15) is 17.1 Å². The predicted octanol–water partition coefficient (Wildman–Crippen LogP) is 2.67. The first-order valence-corrected chi connectivity index (χ1v) is 8.94. The monoisotopic (exact) mass is 355 g/mol. The van der Waals surface area contributed by atoms with E-state index in [4.69, 9.17) is 4.74 Å². The second-order valence-corrected chi connectivity index (χ2v) is 6.76. The Hall–Kier alpha value is -2.60. The van der Waals surface area contributed by atoms with E-state index >= 15 is 0 Å². The van der Waals surface area contributed by atoms with Gasteiger partial charge in [-0.3, -0.25) is 4.90 Å². The Labute approximate surface area is 154 Å². The van der Waals surface area contributed by atoms with Crippen LogP contribution in [0.25, 0.3) is 0 Å². The number of hydrogen-bond donors (Lipinski definition) is 1. The number of phenolic OH excluding ortho intramolecular Hbond substituents is 1. The van der Waals surface area contributed by atoms with Gasteiger partial charge >= 0.3 is 5.97 Å². The van der Waals surface area contributed by atoms with Crippen molar-refractivity contribution in [2.75, 3.05) is 31.1 Å². The standard InChI is InChI=1S/C20H25N3O3/c1-15(2)26-20(25)18-7-4-8-21-19(18)23-11-9-22(10-12-23)14-16-5-3-6-17(24)13-16/h3-8,13,15,24H,9-12,14H2,1-2H3. The summed E-state index contributed by atoms with van der Waals surface area (Å²) in [5.74, 6) is 0.656. The van der Waals surface area contributed by atoms with E-state index in [1.54, 1.807) is 30.5 Å².